The molecule has 0 N–H and O–H groups in total. The summed E-state index contributed by atoms with van der Waals surface area (Å²) in [5.41, 5.74) is 0. The molecule has 0 saturated carbocycles. The van der Waals surface area contributed by atoms with Gasteiger partial charge in [0.15, 0.2) is 12.2 Å². The van der Waals surface area contributed by atoms with E-state index in [1.54, 1.807) is 0 Å². The molecule has 6 heteroatoms. The third kappa shape index (κ3) is 1.90. The van der Waals surface area contributed by atoms with Crippen LogP contribution in [0.25, 0.3) is 0 Å². The molecule has 0 aromatic rings. The van der Waals surface area contributed by atoms with E-state index in [4.69, 9.17) is 18.9 Å². The monoisotopic (exact) mass is 230 g/mol. The van der Waals surface area contributed by atoms with Crippen molar-refractivity contribution in [3.8, 4) is 0 Å². The fraction of sp³-hybridized carbons (Fsp3) is 0.800. The third-order valence-electron chi connectivity index (χ3n) is 2.50. The van der Waals surface area contributed by atoms with Crippen LogP contribution in [-0.4, -0.2) is 36.7 Å². The van der Waals surface area contributed by atoms with Gasteiger partial charge in [0.05, 0.1) is 0 Å². The fourth-order valence-electron chi connectivity index (χ4n) is 1.64. The van der Waals surface area contributed by atoms with E-state index in [2.05, 4.69) is 0 Å². The van der Waals surface area contributed by atoms with Crippen molar-refractivity contribution in [3.05, 3.63) is 0 Å². The molecule has 16 heavy (non-hydrogen) atoms. The molecule has 0 radical (unpaired) electrons. The molecule has 4 atom stereocenters. The summed E-state index contributed by atoms with van der Waals surface area (Å²) >= 11 is 0. The van der Waals surface area contributed by atoms with Crippen LogP contribution in [0.5, 0.6) is 0 Å². The van der Waals surface area contributed by atoms with Gasteiger partial charge in [-0.15, -0.1) is 0 Å². The third-order valence-corrected chi connectivity index (χ3v) is 2.50. The van der Waals surface area contributed by atoms with Gasteiger partial charge in [0.25, 0.3) is 0 Å². The summed E-state index contributed by atoms with van der Waals surface area (Å²) < 4.78 is 20.4. The summed E-state index contributed by atoms with van der Waals surface area (Å²) in [5.74, 6) is -1.13. The Labute approximate surface area is 92.8 Å². The SMILES string of the molecule is CC[C@@H]1OC(=O)[C@H]([C@@H]2O[C@H](CC)OC2=O)O1. The van der Waals surface area contributed by atoms with Crippen LogP contribution in [-0.2, 0) is 28.5 Å². The topological polar surface area (TPSA) is 71.1 Å². The molecule has 2 aliphatic heterocycles. The van der Waals surface area contributed by atoms with Crippen molar-refractivity contribution in [1.82, 2.24) is 0 Å². The van der Waals surface area contributed by atoms with Crippen molar-refractivity contribution in [2.45, 2.75) is 51.5 Å². The van der Waals surface area contributed by atoms with Crippen LogP contribution in [0.3, 0.4) is 0 Å². The van der Waals surface area contributed by atoms with Gasteiger partial charge in [0, 0.05) is 12.8 Å². The van der Waals surface area contributed by atoms with Crippen LogP contribution in [0.4, 0.5) is 0 Å². The smallest absolute Gasteiger partial charge is 0.341 e. The number of cyclic esters (lactones) is 2. The van der Waals surface area contributed by atoms with Gasteiger partial charge in [-0.1, -0.05) is 13.8 Å². The van der Waals surface area contributed by atoms with Crippen molar-refractivity contribution in [2.24, 2.45) is 0 Å². The van der Waals surface area contributed by atoms with Crippen molar-refractivity contribution < 1.29 is 28.5 Å². The van der Waals surface area contributed by atoms with Crippen molar-refractivity contribution in [1.29, 1.82) is 0 Å². The molecule has 90 valence electrons. The summed E-state index contributed by atoms with van der Waals surface area (Å²) in [6.07, 6.45) is -2.07. The minimum atomic E-state index is -0.992. The van der Waals surface area contributed by atoms with Crippen LogP contribution in [0.1, 0.15) is 26.7 Å². The predicted octanol–water partition coefficient (Wildman–Crippen LogP) is 0.343. The molecule has 2 fully saturated rings. The van der Waals surface area contributed by atoms with E-state index >= 15 is 0 Å². The number of carbonyl (C=O) groups is 2. The lowest BCUT2D eigenvalue weighted by Crippen LogP contribution is -2.36. The van der Waals surface area contributed by atoms with E-state index in [1.165, 1.54) is 0 Å². The first-order valence-corrected chi connectivity index (χ1v) is 5.37. The summed E-state index contributed by atoms with van der Waals surface area (Å²) in [7, 11) is 0. The Morgan fingerprint density at radius 3 is 1.50 bits per heavy atom. The Morgan fingerprint density at radius 1 is 0.875 bits per heavy atom. The zero-order valence-electron chi connectivity index (χ0n) is 9.17. The molecule has 0 amide bonds. The van der Waals surface area contributed by atoms with E-state index in [0.717, 1.165) is 0 Å². The average Bonchev–Trinajstić information content (AvgIpc) is 2.81. The molecule has 0 unspecified atom stereocenters. The first kappa shape index (κ1) is 11.3. The van der Waals surface area contributed by atoms with Crippen LogP contribution in [0, 0.1) is 0 Å². The first-order chi connectivity index (χ1) is 7.65. The maximum Gasteiger partial charge on any atom is 0.341 e. The van der Waals surface area contributed by atoms with Gasteiger partial charge in [-0.2, -0.15) is 0 Å². The number of rotatable bonds is 3. The maximum absolute atomic E-state index is 11.4. The molecule has 2 saturated heterocycles. The van der Waals surface area contributed by atoms with E-state index in [1.807, 2.05) is 13.8 Å². The molecule has 0 bridgehead atoms. The Morgan fingerprint density at radius 2 is 1.25 bits per heavy atom. The van der Waals surface area contributed by atoms with Gasteiger partial charge in [0.1, 0.15) is 0 Å². The maximum atomic E-state index is 11.4. The van der Waals surface area contributed by atoms with E-state index in [9.17, 15) is 9.59 Å². The Hall–Kier alpha value is -1.14. The number of esters is 2. The summed E-state index contributed by atoms with van der Waals surface area (Å²) in [4.78, 5) is 22.9. The van der Waals surface area contributed by atoms with Crippen LogP contribution < -0.4 is 0 Å². The number of hydrogen-bond acceptors (Lipinski definition) is 6. The molecule has 2 aliphatic rings. The highest BCUT2D eigenvalue weighted by Gasteiger charge is 2.49. The lowest BCUT2D eigenvalue weighted by molar-refractivity contribution is -0.148. The minimum Gasteiger partial charge on any atom is -0.434 e. The fourth-order valence-corrected chi connectivity index (χ4v) is 1.64. The number of carbonyl (C=O) groups excluding carboxylic acids is 2. The van der Waals surface area contributed by atoms with Crippen LogP contribution in [0.15, 0.2) is 0 Å². The molecule has 2 heterocycles. The van der Waals surface area contributed by atoms with Crippen molar-refractivity contribution in [3.63, 3.8) is 0 Å². The molecular weight excluding hydrogens is 216 g/mol. The highest BCUT2D eigenvalue weighted by atomic mass is 16.8. The Bertz CT molecular complexity index is 272. The van der Waals surface area contributed by atoms with Gasteiger partial charge < -0.3 is 18.9 Å². The van der Waals surface area contributed by atoms with Crippen molar-refractivity contribution >= 4 is 11.9 Å². The molecule has 6 nitrogen and oxygen atoms in total. The standard InChI is InChI=1S/C10H14O6/c1-3-5-13-7(9(11)15-5)8-10(12)16-6(4-2)14-8/h5-8H,3-4H2,1-2H3/t5-,6-,7-,8-/m0/s1. The Balaban J connectivity index is 2.03. The second kappa shape index (κ2) is 4.39. The van der Waals surface area contributed by atoms with Crippen LogP contribution in [0.2, 0.25) is 0 Å². The normalized spacial score (nSPS) is 38.6. The lowest BCUT2D eigenvalue weighted by Gasteiger charge is -2.11. The first-order valence-electron chi connectivity index (χ1n) is 5.37. The second-order valence-electron chi connectivity index (χ2n) is 3.66. The molecule has 0 aromatic heterocycles. The van der Waals surface area contributed by atoms with Gasteiger partial charge in [0.2, 0.25) is 12.6 Å². The highest BCUT2D eigenvalue weighted by Crippen LogP contribution is 2.26. The summed E-state index contributed by atoms with van der Waals surface area (Å²) in [6.45, 7) is 3.64. The largest absolute Gasteiger partial charge is 0.434 e. The zero-order chi connectivity index (χ0) is 11.7. The predicted molar refractivity (Wildman–Crippen MR) is 50.1 cm³/mol. The molecule has 0 aliphatic carbocycles. The van der Waals surface area contributed by atoms with E-state index in [0.29, 0.717) is 12.8 Å². The summed E-state index contributed by atoms with van der Waals surface area (Å²) in [6, 6.07) is 0. The van der Waals surface area contributed by atoms with Crippen LogP contribution >= 0.6 is 0 Å². The molecule has 0 aromatic carbocycles. The molecular formula is C10H14O6. The van der Waals surface area contributed by atoms with Crippen molar-refractivity contribution in [2.75, 3.05) is 0 Å². The second-order valence-corrected chi connectivity index (χ2v) is 3.66. The number of hydrogen-bond donors (Lipinski definition) is 0. The quantitative estimate of drug-likeness (QED) is 0.651. The van der Waals surface area contributed by atoms with E-state index < -0.39 is 36.7 Å². The minimum absolute atomic E-state index is 0.543. The number of ether oxygens (including phenoxy) is 4. The molecule has 2 rings (SSSR count). The van der Waals surface area contributed by atoms with Gasteiger partial charge >= 0.3 is 11.9 Å². The lowest BCUT2D eigenvalue weighted by atomic mass is 10.2. The van der Waals surface area contributed by atoms with Gasteiger partial charge in [-0.25, -0.2) is 9.59 Å². The highest BCUT2D eigenvalue weighted by molar-refractivity contribution is 5.87. The summed E-state index contributed by atoms with van der Waals surface area (Å²) in [5, 5.41) is 0. The van der Waals surface area contributed by atoms with Gasteiger partial charge in [-0.3, -0.25) is 0 Å². The average molecular weight is 230 g/mol. The zero-order valence-corrected chi connectivity index (χ0v) is 9.17. The van der Waals surface area contributed by atoms with Gasteiger partial charge in [-0.05, 0) is 0 Å². The Kier molecular flexibility index (Phi) is 3.11. The van der Waals surface area contributed by atoms with E-state index in [-0.39, 0.29) is 0 Å². The molecule has 0 spiro atoms.